The van der Waals surface area contributed by atoms with Crippen molar-refractivity contribution in [2.45, 2.75) is 38.6 Å². The van der Waals surface area contributed by atoms with Crippen molar-refractivity contribution in [2.24, 2.45) is 0 Å². The van der Waals surface area contributed by atoms with Crippen LogP contribution in [0.2, 0.25) is 0 Å². The van der Waals surface area contributed by atoms with E-state index in [0.717, 1.165) is 43.9 Å². The zero-order chi connectivity index (χ0) is 27.6. The van der Waals surface area contributed by atoms with Gasteiger partial charge in [0.2, 0.25) is 11.8 Å². The van der Waals surface area contributed by atoms with Gasteiger partial charge in [0.05, 0.1) is 12.2 Å². The maximum absolute atomic E-state index is 14.1. The van der Waals surface area contributed by atoms with E-state index in [1.54, 1.807) is 18.2 Å². The molecule has 0 spiro atoms. The number of anilines is 1. The van der Waals surface area contributed by atoms with Gasteiger partial charge in [0.25, 0.3) is 5.91 Å². The second-order valence-corrected chi connectivity index (χ2v) is 10.5. The third kappa shape index (κ3) is 5.29. The van der Waals surface area contributed by atoms with Gasteiger partial charge in [-0.3, -0.25) is 24.6 Å². The van der Waals surface area contributed by atoms with Crippen LogP contribution in [-0.2, 0) is 29.3 Å². The molecule has 3 amide bonds. The molecule has 1 N–H and O–H groups in total. The van der Waals surface area contributed by atoms with Gasteiger partial charge in [-0.2, -0.15) is 0 Å². The number of ether oxygens (including phenoxy) is 1. The number of carbonyl (C=O) groups is 3. The smallest absolute Gasteiger partial charge is 0.255 e. The molecule has 0 aliphatic carbocycles. The van der Waals surface area contributed by atoms with Gasteiger partial charge in [-0.25, -0.2) is 4.39 Å². The Morgan fingerprint density at radius 3 is 2.38 bits per heavy atom. The number of nitrogens with zero attached hydrogens (tertiary/aromatic N) is 3. The molecule has 0 saturated carbocycles. The Bertz CT molecular complexity index is 1440. The molecule has 3 heterocycles. The summed E-state index contributed by atoms with van der Waals surface area (Å²) in [7, 11) is 0. The molecule has 3 aliphatic rings. The second-order valence-electron chi connectivity index (χ2n) is 10.5. The number of para-hydroxylation sites is 1. The van der Waals surface area contributed by atoms with Crippen LogP contribution in [0.3, 0.4) is 0 Å². The minimum Gasteiger partial charge on any atom is -0.489 e. The van der Waals surface area contributed by atoms with Crippen LogP contribution >= 0.6 is 0 Å². The molecule has 40 heavy (non-hydrogen) atoms. The highest BCUT2D eigenvalue weighted by Gasteiger charge is 2.40. The molecule has 8 nitrogen and oxygen atoms in total. The zero-order valence-electron chi connectivity index (χ0n) is 22.1. The summed E-state index contributed by atoms with van der Waals surface area (Å²) in [5, 5.41) is 2.33. The molecular formula is C31H31FN4O4. The first-order valence-electron chi connectivity index (χ1n) is 13.7. The molecular weight excluding hydrogens is 511 g/mol. The van der Waals surface area contributed by atoms with E-state index in [1.165, 1.54) is 16.5 Å². The average Bonchev–Trinajstić information content (AvgIpc) is 3.30. The van der Waals surface area contributed by atoms with E-state index in [0.29, 0.717) is 30.0 Å². The fourth-order valence-electron chi connectivity index (χ4n) is 5.71. The van der Waals surface area contributed by atoms with Crippen LogP contribution in [0, 0.1) is 5.82 Å². The number of piperazine rings is 1. The van der Waals surface area contributed by atoms with Crippen LogP contribution in [0.5, 0.6) is 5.75 Å². The van der Waals surface area contributed by atoms with Crippen molar-refractivity contribution in [3.8, 4) is 5.75 Å². The number of rotatable bonds is 7. The predicted molar refractivity (Wildman–Crippen MR) is 147 cm³/mol. The summed E-state index contributed by atoms with van der Waals surface area (Å²) in [5.74, 6) is -0.492. The summed E-state index contributed by atoms with van der Waals surface area (Å²) < 4.78 is 20.3. The van der Waals surface area contributed by atoms with Crippen LogP contribution in [-0.4, -0.2) is 59.7 Å². The van der Waals surface area contributed by atoms with Gasteiger partial charge in [0.15, 0.2) is 0 Å². The van der Waals surface area contributed by atoms with E-state index in [-0.39, 0.29) is 30.6 Å². The number of fused-ring (bicyclic) bond motifs is 1. The summed E-state index contributed by atoms with van der Waals surface area (Å²) in [6.45, 7) is 4.77. The molecule has 0 bridgehead atoms. The molecule has 6 rings (SSSR count). The largest absolute Gasteiger partial charge is 0.489 e. The van der Waals surface area contributed by atoms with E-state index in [1.807, 2.05) is 18.2 Å². The van der Waals surface area contributed by atoms with E-state index in [9.17, 15) is 18.8 Å². The monoisotopic (exact) mass is 542 g/mol. The minimum absolute atomic E-state index is 0.174. The molecule has 3 aromatic rings. The minimum atomic E-state index is -0.652. The number of amides is 3. The predicted octanol–water partition coefficient (Wildman–Crippen LogP) is 3.49. The number of hydrogen-bond acceptors (Lipinski definition) is 6. The number of halogens is 1. The first-order chi connectivity index (χ1) is 19.5. The van der Waals surface area contributed by atoms with Gasteiger partial charge in [0, 0.05) is 50.3 Å². The Kier molecular flexibility index (Phi) is 7.21. The van der Waals surface area contributed by atoms with Crippen molar-refractivity contribution in [3.05, 3.63) is 94.8 Å². The van der Waals surface area contributed by atoms with Crippen molar-refractivity contribution < 1.29 is 23.5 Å². The van der Waals surface area contributed by atoms with Gasteiger partial charge < -0.3 is 14.5 Å². The van der Waals surface area contributed by atoms with Crippen molar-refractivity contribution in [3.63, 3.8) is 0 Å². The molecule has 3 aliphatic heterocycles. The maximum Gasteiger partial charge on any atom is 0.255 e. The van der Waals surface area contributed by atoms with Crippen LogP contribution in [0.15, 0.2) is 66.7 Å². The number of carbonyl (C=O) groups excluding carboxylic acids is 3. The standard InChI is InChI=1S/C31H31FN4O4/c32-25-5-1-2-6-26(25)35-16-14-34(15-17-35)18-21-8-10-22(11-9-21)20-40-28-7-3-4-23-24(28)19-36(31(23)39)27-12-13-29(37)33-30(27)38/h1-11,27H,12-20H2,(H,33,37,38). The number of benzene rings is 3. The Morgan fingerprint density at radius 1 is 0.875 bits per heavy atom. The summed E-state index contributed by atoms with van der Waals surface area (Å²) in [5.41, 5.74) is 4.19. The maximum atomic E-state index is 14.1. The highest BCUT2D eigenvalue weighted by atomic mass is 19.1. The van der Waals surface area contributed by atoms with Crippen LogP contribution in [0.4, 0.5) is 10.1 Å². The van der Waals surface area contributed by atoms with Crippen LogP contribution in [0.1, 0.15) is 39.9 Å². The van der Waals surface area contributed by atoms with Gasteiger partial charge in [0.1, 0.15) is 24.2 Å². The molecule has 2 fully saturated rings. The van der Waals surface area contributed by atoms with Crippen molar-refractivity contribution in [1.82, 2.24) is 15.1 Å². The van der Waals surface area contributed by atoms with Crippen molar-refractivity contribution >= 4 is 23.4 Å². The second kappa shape index (κ2) is 11.1. The lowest BCUT2D eigenvalue weighted by Gasteiger charge is -2.36. The first-order valence-corrected chi connectivity index (χ1v) is 13.7. The van der Waals surface area contributed by atoms with Gasteiger partial charge in [-0.15, -0.1) is 0 Å². The summed E-state index contributed by atoms with van der Waals surface area (Å²) in [4.78, 5) is 42.9. The molecule has 1 atom stereocenters. The zero-order valence-corrected chi connectivity index (χ0v) is 22.1. The van der Waals surface area contributed by atoms with E-state index >= 15 is 0 Å². The van der Waals surface area contributed by atoms with E-state index in [4.69, 9.17) is 4.74 Å². The normalized spacial score (nSPS) is 19.5. The van der Waals surface area contributed by atoms with Gasteiger partial charge in [-0.05, 0) is 41.8 Å². The van der Waals surface area contributed by atoms with Crippen LogP contribution in [0.25, 0.3) is 0 Å². The highest BCUT2D eigenvalue weighted by molar-refractivity contribution is 6.05. The SMILES string of the molecule is O=C1CCC(N2Cc3c(OCc4ccc(CN5CCN(c6ccccc6F)CC5)cc4)cccc3C2=O)C(=O)N1. The third-order valence-electron chi connectivity index (χ3n) is 7.93. The fourth-order valence-corrected chi connectivity index (χ4v) is 5.71. The Labute approximate surface area is 232 Å². The number of piperidine rings is 1. The first kappa shape index (κ1) is 26.0. The van der Waals surface area contributed by atoms with E-state index < -0.39 is 11.9 Å². The summed E-state index contributed by atoms with van der Waals surface area (Å²) in [6.07, 6.45) is 0.550. The molecule has 3 aromatic carbocycles. The van der Waals surface area contributed by atoms with Crippen LogP contribution < -0.4 is 15.0 Å². The van der Waals surface area contributed by atoms with Crippen molar-refractivity contribution in [1.29, 1.82) is 0 Å². The summed E-state index contributed by atoms with van der Waals surface area (Å²) in [6, 6.07) is 20.0. The van der Waals surface area contributed by atoms with Gasteiger partial charge in [-0.1, -0.05) is 42.5 Å². The lowest BCUT2D eigenvalue weighted by Crippen LogP contribution is -2.52. The average molecular weight is 543 g/mol. The Balaban J connectivity index is 1.03. The number of nitrogens with one attached hydrogen (secondary N) is 1. The van der Waals surface area contributed by atoms with Crippen molar-refractivity contribution in [2.75, 3.05) is 31.1 Å². The lowest BCUT2D eigenvalue weighted by molar-refractivity contribution is -0.136. The number of hydrogen-bond donors (Lipinski definition) is 1. The lowest BCUT2D eigenvalue weighted by atomic mass is 10.0. The fraction of sp³-hybridized carbons (Fsp3) is 0.323. The number of imide groups is 1. The molecule has 1 unspecified atom stereocenters. The molecule has 2 saturated heterocycles. The quantitative estimate of drug-likeness (QED) is 0.461. The molecule has 0 radical (unpaired) electrons. The summed E-state index contributed by atoms with van der Waals surface area (Å²) >= 11 is 0. The van der Waals surface area contributed by atoms with Gasteiger partial charge >= 0.3 is 0 Å². The van der Waals surface area contributed by atoms with E-state index in [2.05, 4.69) is 39.4 Å². The Hall–Kier alpha value is -4.24. The topological polar surface area (TPSA) is 82.2 Å². The molecule has 9 heteroatoms. The third-order valence-corrected chi connectivity index (χ3v) is 7.93. The molecule has 206 valence electrons. The molecule has 0 aromatic heterocycles. The highest BCUT2D eigenvalue weighted by Crippen LogP contribution is 2.34. The Morgan fingerprint density at radius 2 is 1.62 bits per heavy atom.